The first-order valence-electron chi connectivity index (χ1n) is 7.97. The first kappa shape index (κ1) is 32.2. The van der Waals surface area contributed by atoms with Crippen LogP contribution in [0, 0.1) is 17.4 Å². The molecule has 0 aromatic heterocycles. The van der Waals surface area contributed by atoms with Crippen LogP contribution in [0.3, 0.4) is 0 Å². The van der Waals surface area contributed by atoms with Crippen molar-refractivity contribution in [2.75, 3.05) is 0 Å². The Bertz CT molecular complexity index is 157. The summed E-state index contributed by atoms with van der Waals surface area (Å²) in [5, 5.41) is 8.04. The molecule has 0 rings (SSSR count). The van der Waals surface area contributed by atoms with Crippen molar-refractivity contribution in [2.24, 2.45) is 5.41 Å². The Labute approximate surface area is 147 Å². The predicted molar refractivity (Wildman–Crippen MR) is 96.7 cm³/mol. The molecule has 0 aromatic rings. The van der Waals surface area contributed by atoms with Gasteiger partial charge in [-0.1, -0.05) is 86.0 Å². The number of aliphatic hydroxyl groups excluding tert-OH is 1. The molecule has 0 aliphatic carbocycles. The predicted octanol–water partition coefficient (Wildman–Crippen LogP) is 6.40. The number of aliphatic hydroxyl groups is 1. The van der Waals surface area contributed by atoms with Gasteiger partial charge in [-0.2, -0.15) is 0 Å². The van der Waals surface area contributed by atoms with Crippen molar-refractivity contribution >= 4 is 23.9 Å². The quantitative estimate of drug-likeness (QED) is 0.436. The average Bonchev–Trinajstić information content (AvgIpc) is 2.38. The second-order valence-corrected chi connectivity index (χ2v) is 5.49. The Morgan fingerprint density at radius 3 is 0.850 bits per heavy atom. The molecule has 1 nitrogen and oxygen atoms in total. The van der Waals surface area contributed by atoms with Crippen molar-refractivity contribution in [3.8, 4) is 12.0 Å². The van der Waals surface area contributed by atoms with Gasteiger partial charge in [0.1, 0.15) is 6.11 Å². The van der Waals surface area contributed by atoms with Gasteiger partial charge in [-0.15, -0.1) is 0 Å². The van der Waals surface area contributed by atoms with E-state index in [0.717, 1.165) is 0 Å². The third-order valence-corrected chi connectivity index (χ3v) is 1.93. The average molecular weight is 391 g/mol. The van der Waals surface area contributed by atoms with E-state index in [1.807, 2.05) is 26.9 Å². The molecule has 4 radical (unpaired) electrons. The fraction of sp³-hybridized carbons (Fsp3) is 0.889. The molecule has 0 saturated heterocycles. The topological polar surface area (TPSA) is 20.2 Å². The molecular formula is C18H40OSn. The van der Waals surface area contributed by atoms with Crippen molar-refractivity contribution < 1.29 is 5.11 Å². The molecule has 122 valence electrons. The zero-order valence-electron chi connectivity index (χ0n) is 15.7. The van der Waals surface area contributed by atoms with Crippen LogP contribution in [-0.2, 0) is 0 Å². The molecule has 0 unspecified atom stereocenters. The molecule has 0 aromatic carbocycles. The molecule has 0 amide bonds. The second kappa shape index (κ2) is 31.5. The van der Waals surface area contributed by atoms with Crippen LogP contribution in [0.4, 0.5) is 0 Å². The van der Waals surface area contributed by atoms with Crippen molar-refractivity contribution in [1.82, 2.24) is 0 Å². The first-order valence-corrected chi connectivity index (χ1v) is 7.97. The summed E-state index contributed by atoms with van der Waals surface area (Å²) in [6.45, 7) is 18.9. The molecule has 0 aliphatic rings. The normalized spacial score (nSPS) is 7.85. The van der Waals surface area contributed by atoms with E-state index in [1.165, 1.54) is 38.5 Å². The van der Waals surface area contributed by atoms with Gasteiger partial charge in [0.05, 0.1) is 0 Å². The molecule has 0 atom stereocenters. The van der Waals surface area contributed by atoms with Gasteiger partial charge in [-0.05, 0) is 20.8 Å². The summed E-state index contributed by atoms with van der Waals surface area (Å²) in [6, 6.07) is 0. The van der Waals surface area contributed by atoms with Crippen LogP contribution in [0.5, 0.6) is 0 Å². The fourth-order valence-electron chi connectivity index (χ4n) is 0.168. The largest absolute Gasteiger partial charge is 0.462 e. The SMILES string of the molecule is CC(C)(C)C#CO.CCCC.CCCC.CCCC.[Sn]. The Kier molecular flexibility index (Phi) is 50.7. The van der Waals surface area contributed by atoms with Crippen LogP contribution in [0.25, 0.3) is 0 Å². The van der Waals surface area contributed by atoms with Gasteiger partial charge in [0, 0.05) is 29.3 Å². The van der Waals surface area contributed by atoms with Crippen molar-refractivity contribution in [2.45, 2.75) is 101 Å². The summed E-state index contributed by atoms with van der Waals surface area (Å²) >= 11 is 0. The van der Waals surface area contributed by atoms with E-state index in [2.05, 4.69) is 47.5 Å². The van der Waals surface area contributed by atoms with Crippen molar-refractivity contribution in [1.29, 1.82) is 0 Å². The van der Waals surface area contributed by atoms with Crippen LogP contribution >= 0.6 is 0 Å². The van der Waals surface area contributed by atoms with E-state index in [-0.39, 0.29) is 29.3 Å². The molecule has 0 aliphatic heterocycles. The molecule has 0 spiro atoms. The number of hydrogen-bond acceptors (Lipinski definition) is 1. The maximum absolute atomic E-state index is 8.04. The van der Waals surface area contributed by atoms with Gasteiger partial charge in [0.2, 0.25) is 0 Å². The molecule has 0 fully saturated rings. The van der Waals surface area contributed by atoms with Gasteiger partial charge in [0.25, 0.3) is 0 Å². The van der Waals surface area contributed by atoms with Crippen LogP contribution in [-0.4, -0.2) is 29.0 Å². The van der Waals surface area contributed by atoms with Gasteiger partial charge in [0.15, 0.2) is 0 Å². The summed E-state index contributed by atoms with van der Waals surface area (Å²) < 4.78 is 0. The van der Waals surface area contributed by atoms with E-state index in [4.69, 9.17) is 5.11 Å². The molecule has 0 bridgehead atoms. The van der Waals surface area contributed by atoms with Gasteiger partial charge in [-0.3, -0.25) is 0 Å². The minimum absolute atomic E-state index is 0. The van der Waals surface area contributed by atoms with Gasteiger partial charge >= 0.3 is 0 Å². The van der Waals surface area contributed by atoms with Crippen LogP contribution < -0.4 is 0 Å². The van der Waals surface area contributed by atoms with Crippen LogP contribution in [0.1, 0.15) is 101 Å². The number of rotatable bonds is 3. The van der Waals surface area contributed by atoms with E-state index >= 15 is 0 Å². The molecule has 1 N–H and O–H groups in total. The molecule has 0 saturated carbocycles. The Hall–Kier alpha value is 0.159. The smallest absolute Gasteiger partial charge is 0.107 e. The minimum Gasteiger partial charge on any atom is -0.462 e. The molecule has 0 heterocycles. The van der Waals surface area contributed by atoms with E-state index in [0.29, 0.717) is 0 Å². The summed E-state index contributed by atoms with van der Waals surface area (Å²) in [6.07, 6.45) is 9.77. The van der Waals surface area contributed by atoms with E-state index < -0.39 is 0 Å². The summed E-state index contributed by atoms with van der Waals surface area (Å²) in [4.78, 5) is 0. The Morgan fingerprint density at radius 2 is 0.850 bits per heavy atom. The minimum atomic E-state index is -0.0608. The summed E-state index contributed by atoms with van der Waals surface area (Å²) in [5.41, 5.74) is -0.0608. The van der Waals surface area contributed by atoms with Crippen molar-refractivity contribution in [3.05, 3.63) is 0 Å². The van der Waals surface area contributed by atoms with Crippen LogP contribution in [0.15, 0.2) is 0 Å². The summed E-state index contributed by atoms with van der Waals surface area (Å²) in [7, 11) is 0. The maximum atomic E-state index is 8.04. The monoisotopic (exact) mass is 392 g/mol. The molecule has 20 heavy (non-hydrogen) atoms. The second-order valence-electron chi connectivity index (χ2n) is 5.49. The Morgan fingerprint density at radius 1 is 0.650 bits per heavy atom. The Balaban J connectivity index is -0.0000000512. The number of hydrogen-bond donors (Lipinski definition) is 1. The van der Waals surface area contributed by atoms with Gasteiger partial charge < -0.3 is 5.11 Å². The third kappa shape index (κ3) is 104. The van der Waals surface area contributed by atoms with Crippen LogP contribution in [0.2, 0.25) is 0 Å². The van der Waals surface area contributed by atoms with Gasteiger partial charge in [-0.25, -0.2) is 0 Å². The summed E-state index contributed by atoms with van der Waals surface area (Å²) in [5.74, 6) is 2.59. The van der Waals surface area contributed by atoms with E-state index in [1.54, 1.807) is 0 Å². The first-order chi connectivity index (χ1) is 8.80. The van der Waals surface area contributed by atoms with Crippen molar-refractivity contribution in [3.63, 3.8) is 0 Å². The molecule has 2 heteroatoms. The standard InChI is InChI=1S/C6H10O.3C4H10.Sn/c1-6(2,3)4-5-7;3*1-3-4-2;/h7H,1-3H3;3*3-4H2,1-2H3;. The fourth-order valence-corrected chi connectivity index (χ4v) is 0.168. The van der Waals surface area contributed by atoms with E-state index in [9.17, 15) is 0 Å². The maximum Gasteiger partial charge on any atom is 0.107 e. The number of unbranched alkanes of at least 4 members (excludes halogenated alkanes) is 3. The zero-order valence-corrected chi connectivity index (χ0v) is 18.5. The third-order valence-electron chi connectivity index (χ3n) is 1.93. The zero-order chi connectivity index (χ0) is 16.2. The molecular weight excluding hydrogens is 351 g/mol.